The molecule has 2 heterocycles. The SMILES string of the molecule is Nc1ncc(-c2cccc(NC(=O)Nc3cc(Cl)nc(Cl)c3)c2)[nH]1. The van der Waals surface area contributed by atoms with Gasteiger partial charge < -0.3 is 21.4 Å². The van der Waals surface area contributed by atoms with Crippen LogP contribution in [-0.2, 0) is 0 Å². The molecule has 3 rings (SSSR count). The second-order valence-electron chi connectivity index (χ2n) is 4.84. The number of halogens is 2. The van der Waals surface area contributed by atoms with Crippen molar-refractivity contribution in [3.8, 4) is 11.3 Å². The molecule has 0 aliphatic rings. The van der Waals surface area contributed by atoms with E-state index >= 15 is 0 Å². The minimum atomic E-state index is -0.436. The highest BCUT2D eigenvalue weighted by Gasteiger charge is 2.07. The first kappa shape index (κ1) is 16.1. The van der Waals surface area contributed by atoms with Crippen LogP contribution in [0.15, 0.2) is 42.6 Å². The Bertz CT molecular complexity index is 875. The first-order chi connectivity index (χ1) is 11.5. The van der Waals surface area contributed by atoms with Crippen LogP contribution in [0.4, 0.5) is 22.1 Å². The van der Waals surface area contributed by atoms with Gasteiger partial charge in [0, 0.05) is 16.9 Å². The summed E-state index contributed by atoms with van der Waals surface area (Å²) in [5.41, 5.74) is 8.21. The number of H-pyrrole nitrogens is 1. The summed E-state index contributed by atoms with van der Waals surface area (Å²) in [7, 11) is 0. The molecule has 0 spiro atoms. The summed E-state index contributed by atoms with van der Waals surface area (Å²) in [4.78, 5) is 22.8. The van der Waals surface area contributed by atoms with Crippen molar-refractivity contribution in [3.05, 3.63) is 52.9 Å². The zero-order valence-electron chi connectivity index (χ0n) is 12.2. The topological polar surface area (TPSA) is 109 Å². The maximum atomic E-state index is 12.1. The molecule has 5 N–H and O–H groups in total. The Kier molecular flexibility index (Phi) is 4.54. The third-order valence-electron chi connectivity index (χ3n) is 3.05. The van der Waals surface area contributed by atoms with E-state index in [1.807, 2.05) is 12.1 Å². The van der Waals surface area contributed by atoms with Crippen molar-refractivity contribution in [2.45, 2.75) is 0 Å². The Morgan fingerprint density at radius 1 is 1.08 bits per heavy atom. The van der Waals surface area contributed by atoms with Crippen LogP contribution in [0.1, 0.15) is 0 Å². The molecule has 0 bridgehead atoms. The fraction of sp³-hybridized carbons (Fsp3) is 0. The van der Waals surface area contributed by atoms with Gasteiger partial charge >= 0.3 is 6.03 Å². The Morgan fingerprint density at radius 3 is 2.46 bits per heavy atom. The van der Waals surface area contributed by atoms with E-state index in [0.29, 0.717) is 17.3 Å². The van der Waals surface area contributed by atoms with Gasteiger partial charge in [-0.1, -0.05) is 35.3 Å². The molecule has 7 nitrogen and oxygen atoms in total. The molecule has 0 fully saturated rings. The van der Waals surface area contributed by atoms with Gasteiger partial charge in [-0.25, -0.2) is 14.8 Å². The van der Waals surface area contributed by atoms with Gasteiger partial charge in [0.15, 0.2) is 5.95 Å². The normalized spacial score (nSPS) is 10.4. The predicted molar refractivity (Wildman–Crippen MR) is 95.3 cm³/mol. The van der Waals surface area contributed by atoms with E-state index in [1.165, 1.54) is 12.1 Å². The smallest absolute Gasteiger partial charge is 0.323 e. The lowest BCUT2D eigenvalue weighted by Crippen LogP contribution is -2.19. The molecule has 1 aromatic carbocycles. The number of urea groups is 1. The Labute approximate surface area is 147 Å². The van der Waals surface area contributed by atoms with Crippen LogP contribution in [0.2, 0.25) is 10.3 Å². The number of rotatable bonds is 3. The molecule has 0 atom stereocenters. The maximum absolute atomic E-state index is 12.1. The van der Waals surface area contributed by atoms with Crippen molar-refractivity contribution >= 4 is 46.6 Å². The molecule has 2 amide bonds. The minimum Gasteiger partial charge on any atom is -0.369 e. The van der Waals surface area contributed by atoms with E-state index in [4.69, 9.17) is 28.9 Å². The van der Waals surface area contributed by atoms with E-state index < -0.39 is 6.03 Å². The number of nitrogens with one attached hydrogen (secondary N) is 3. The van der Waals surface area contributed by atoms with Crippen LogP contribution in [0.3, 0.4) is 0 Å². The lowest BCUT2D eigenvalue weighted by Gasteiger charge is -2.09. The van der Waals surface area contributed by atoms with E-state index in [0.717, 1.165) is 11.3 Å². The van der Waals surface area contributed by atoms with E-state index in [1.54, 1.807) is 18.3 Å². The number of nitrogens with two attached hydrogens (primary N) is 1. The summed E-state index contributed by atoms with van der Waals surface area (Å²) in [6.45, 7) is 0. The number of carbonyl (C=O) groups is 1. The zero-order valence-corrected chi connectivity index (χ0v) is 13.7. The minimum absolute atomic E-state index is 0.191. The summed E-state index contributed by atoms with van der Waals surface area (Å²) in [5.74, 6) is 0.326. The Morgan fingerprint density at radius 2 is 1.79 bits per heavy atom. The summed E-state index contributed by atoms with van der Waals surface area (Å²) >= 11 is 11.6. The first-order valence-corrected chi connectivity index (χ1v) is 7.57. The summed E-state index contributed by atoms with van der Waals surface area (Å²) in [6, 6.07) is 9.79. The molecule has 0 saturated heterocycles. The number of imidazole rings is 1. The number of hydrogen-bond acceptors (Lipinski definition) is 4. The number of aromatic nitrogens is 3. The van der Waals surface area contributed by atoms with Crippen molar-refractivity contribution < 1.29 is 4.79 Å². The number of nitrogen functional groups attached to an aromatic ring is 1. The molecule has 24 heavy (non-hydrogen) atoms. The lowest BCUT2D eigenvalue weighted by molar-refractivity contribution is 0.262. The van der Waals surface area contributed by atoms with Crippen LogP contribution < -0.4 is 16.4 Å². The number of hydrogen-bond donors (Lipinski definition) is 4. The fourth-order valence-electron chi connectivity index (χ4n) is 2.08. The molecule has 0 aliphatic carbocycles. The Hall–Kier alpha value is -2.77. The van der Waals surface area contributed by atoms with Gasteiger partial charge in [-0.2, -0.15) is 0 Å². The number of pyridine rings is 1. The Balaban J connectivity index is 1.72. The quantitative estimate of drug-likeness (QED) is 0.527. The van der Waals surface area contributed by atoms with Crippen LogP contribution in [0, 0.1) is 0 Å². The predicted octanol–water partition coefficient (Wildman–Crippen LogP) is 4.00. The highest BCUT2D eigenvalue weighted by molar-refractivity contribution is 6.33. The van der Waals surface area contributed by atoms with Crippen LogP contribution in [0.25, 0.3) is 11.3 Å². The van der Waals surface area contributed by atoms with Crippen LogP contribution >= 0.6 is 23.2 Å². The second-order valence-corrected chi connectivity index (χ2v) is 5.62. The number of amides is 2. The third kappa shape index (κ3) is 3.95. The molecule has 0 radical (unpaired) electrons. The van der Waals surface area contributed by atoms with E-state index in [2.05, 4.69) is 25.6 Å². The average Bonchev–Trinajstić information content (AvgIpc) is 2.93. The molecule has 0 saturated carbocycles. The largest absolute Gasteiger partial charge is 0.369 e. The van der Waals surface area contributed by atoms with Crippen molar-refractivity contribution in [1.29, 1.82) is 0 Å². The standard InChI is InChI=1S/C15H12Cl2N6O/c16-12-5-10(6-13(17)23-12)21-15(24)20-9-3-1-2-8(4-9)11-7-19-14(18)22-11/h1-7H,(H3,18,19,22)(H2,20,21,23,24). The molecular weight excluding hydrogens is 351 g/mol. The highest BCUT2D eigenvalue weighted by Crippen LogP contribution is 2.22. The molecule has 0 aliphatic heterocycles. The van der Waals surface area contributed by atoms with Gasteiger partial charge in [-0.3, -0.25) is 0 Å². The molecule has 2 aromatic heterocycles. The monoisotopic (exact) mass is 362 g/mol. The van der Waals surface area contributed by atoms with Gasteiger partial charge in [0.2, 0.25) is 0 Å². The molecule has 0 unspecified atom stereocenters. The van der Waals surface area contributed by atoms with E-state index in [-0.39, 0.29) is 10.3 Å². The maximum Gasteiger partial charge on any atom is 0.323 e. The second kappa shape index (κ2) is 6.77. The fourth-order valence-corrected chi connectivity index (χ4v) is 2.54. The van der Waals surface area contributed by atoms with Crippen LogP contribution in [-0.4, -0.2) is 21.0 Å². The summed E-state index contributed by atoms with van der Waals surface area (Å²) in [6.07, 6.45) is 1.62. The highest BCUT2D eigenvalue weighted by atomic mass is 35.5. The average molecular weight is 363 g/mol. The number of nitrogens with zero attached hydrogens (tertiary/aromatic N) is 2. The van der Waals surface area contributed by atoms with Gasteiger partial charge in [0.25, 0.3) is 0 Å². The number of aromatic amines is 1. The summed E-state index contributed by atoms with van der Waals surface area (Å²) < 4.78 is 0. The zero-order chi connectivity index (χ0) is 17.1. The first-order valence-electron chi connectivity index (χ1n) is 6.81. The van der Waals surface area contributed by atoms with Gasteiger partial charge in [-0.15, -0.1) is 0 Å². The third-order valence-corrected chi connectivity index (χ3v) is 3.43. The van der Waals surface area contributed by atoms with Crippen molar-refractivity contribution in [2.75, 3.05) is 16.4 Å². The molecule has 9 heteroatoms. The van der Waals surface area contributed by atoms with Crippen molar-refractivity contribution in [3.63, 3.8) is 0 Å². The number of anilines is 3. The molecule has 122 valence electrons. The molecule has 3 aromatic rings. The number of benzene rings is 1. The van der Waals surface area contributed by atoms with Crippen molar-refractivity contribution in [2.24, 2.45) is 0 Å². The summed E-state index contributed by atoms with van der Waals surface area (Å²) in [5, 5.41) is 5.74. The van der Waals surface area contributed by atoms with Gasteiger partial charge in [0.05, 0.1) is 11.9 Å². The van der Waals surface area contributed by atoms with Gasteiger partial charge in [-0.05, 0) is 24.3 Å². The van der Waals surface area contributed by atoms with Gasteiger partial charge in [0.1, 0.15) is 10.3 Å². The van der Waals surface area contributed by atoms with Crippen LogP contribution in [0.5, 0.6) is 0 Å². The molecular formula is C15H12Cl2N6O. The lowest BCUT2D eigenvalue weighted by atomic mass is 10.1. The van der Waals surface area contributed by atoms with E-state index in [9.17, 15) is 4.79 Å². The number of carbonyl (C=O) groups excluding carboxylic acids is 1. The van der Waals surface area contributed by atoms with Crippen molar-refractivity contribution in [1.82, 2.24) is 15.0 Å².